The van der Waals surface area contributed by atoms with E-state index in [1.165, 1.54) is 0 Å². The Morgan fingerprint density at radius 2 is 1.73 bits per heavy atom. The monoisotopic (exact) mass is 227 g/mol. The Hall–Kier alpha value is -0.290. The van der Waals surface area contributed by atoms with Gasteiger partial charge < -0.3 is 10.1 Å². The molecule has 0 aromatic heterocycles. The minimum Gasteiger partial charge on any atom is -0.381 e. The van der Waals surface area contributed by atoms with Crippen molar-refractivity contribution in [2.75, 3.05) is 19.8 Å². The van der Waals surface area contributed by atoms with E-state index in [0.29, 0.717) is 12.6 Å². The van der Waals surface area contributed by atoms with Crippen LogP contribution in [0.4, 0.5) is 13.2 Å². The molecule has 0 rings (SSSR count). The van der Waals surface area contributed by atoms with Crippen molar-refractivity contribution in [2.45, 2.75) is 45.3 Å². The third-order valence-electron chi connectivity index (χ3n) is 1.77. The highest BCUT2D eigenvalue weighted by Gasteiger charge is 2.25. The molecule has 0 amide bonds. The zero-order chi connectivity index (χ0) is 11.7. The Balaban J connectivity index is 3.06. The maximum Gasteiger partial charge on any atom is 0.389 e. The Labute approximate surface area is 89.2 Å². The van der Waals surface area contributed by atoms with E-state index in [-0.39, 0.29) is 13.0 Å². The van der Waals surface area contributed by atoms with E-state index >= 15 is 0 Å². The van der Waals surface area contributed by atoms with Crippen LogP contribution in [0.25, 0.3) is 0 Å². The van der Waals surface area contributed by atoms with Gasteiger partial charge in [0, 0.05) is 25.7 Å². The van der Waals surface area contributed by atoms with Crippen LogP contribution < -0.4 is 5.32 Å². The highest BCUT2D eigenvalue weighted by atomic mass is 19.4. The number of rotatable bonds is 8. The Bertz CT molecular complexity index is 148. The minimum atomic E-state index is -4.05. The number of nitrogens with one attached hydrogen (secondary N) is 1. The SMILES string of the molecule is CC(C)NCCCOCCCC(F)(F)F. The molecular weight excluding hydrogens is 207 g/mol. The largest absolute Gasteiger partial charge is 0.389 e. The van der Waals surface area contributed by atoms with E-state index in [9.17, 15) is 13.2 Å². The minimum absolute atomic E-state index is 0.0567. The van der Waals surface area contributed by atoms with Gasteiger partial charge in [0.2, 0.25) is 0 Å². The fourth-order valence-electron chi connectivity index (χ4n) is 1.04. The molecule has 0 aliphatic rings. The van der Waals surface area contributed by atoms with Crippen LogP contribution in [0.3, 0.4) is 0 Å². The van der Waals surface area contributed by atoms with Crippen molar-refractivity contribution in [1.82, 2.24) is 5.32 Å². The van der Waals surface area contributed by atoms with Crippen molar-refractivity contribution in [3.63, 3.8) is 0 Å². The smallest absolute Gasteiger partial charge is 0.381 e. The molecule has 15 heavy (non-hydrogen) atoms. The second-order valence-corrected chi connectivity index (χ2v) is 3.79. The number of halogens is 3. The quantitative estimate of drug-likeness (QED) is 0.644. The number of hydrogen-bond donors (Lipinski definition) is 1. The summed E-state index contributed by atoms with van der Waals surface area (Å²) in [4.78, 5) is 0. The first-order chi connectivity index (χ1) is 6.92. The molecule has 0 saturated carbocycles. The summed E-state index contributed by atoms with van der Waals surface area (Å²) in [7, 11) is 0. The summed E-state index contributed by atoms with van der Waals surface area (Å²) >= 11 is 0. The molecule has 0 spiro atoms. The van der Waals surface area contributed by atoms with Gasteiger partial charge in [-0.15, -0.1) is 0 Å². The summed E-state index contributed by atoms with van der Waals surface area (Å²) in [6.07, 6.45) is -3.91. The number of alkyl halides is 3. The molecule has 92 valence electrons. The standard InChI is InChI=1S/C10H20F3NO/c1-9(2)14-6-4-8-15-7-3-5-10(11,12)13/h9,14H,3-8H2,1-2H3. The summed E-state index contributed by atoms with van der Waals surface area (Å²) in [6, 6.07) is 0.440. The highest BCUT2D eigenvalue weighted by molar-refractivity contribution is 4.52. The maximum atomic E-state index is 11.7. The molecule has 0 unspecified atom stereocenters. The molecule has 0 fully saturated rings. The summed E-state index contributed by atoms with van der Waals surface area (Å²) < 4.78 is 40.2. The van der Waals surface area contributed by atoms with Crippen LogP contribution in [0.15, 0.2) is 0 Å². The second-order valence-electron chi connectivity index (χ2n) is 3.79. The van der Waals surface area contributed by atoms with Crippen LogP contribution in [0, 0.1) is 0 Å². The lowest BCUT2D eigenvalue weighted by molar-refractivity contribution is -0.137. The van der Waals surface area contributed by atoms with Crippen molar-refractivity contribution in [1.29, 1.82) is 0 Å². The van der Waals surface area contributed by atoms with Crippen LogP contribution in [0.1, 0.15) is 33.1 Å². The molecule has 0 aromatic rings. The third-order valence-corrected chi connectivity index (χ3v) is 1.77. The lowest BCUT2D eigenvalue weighted by atomic mass is 10.3. The van der Waals surface area contributed by atoms with Crippen molar-refractivity contribution in [3.8, 4) is 0 Å². The second kappa shape index (κ2) is 7.93. The van der Waals surface area contributed by atoms with Crippen LogP contribution in [-0.4, -0.2) is 32.0 Å². The van der Waals surface area contributed by atoms with Crippen LogP contribution >= 0.6 is 0 Å². The molecule has 5 heteroatoms. The van der Waals surface area contributed by atoms with Gasteiger partial charge in [0.1, 0.15) is 0 Å². The number of hydrogen-bond acceptors (Lipinski definition) is 2. The van der Waals surface area contributed by atoms with E-state index < -0.39 is 12.6 Å². The zero-order valence-corrected chi connectivity index (χ0v) is 9.36. The Kier molecular flexibility index (Phi) is 7.78. The first kappa shape index (κ1) is 14.7. The fourth-order valence-corrected chi connectivity index (χ4v) is 1.04. The van der Waals surface area contributed by atoms with E-state index in [4.69, 9.17) is 4.74 Å². The van der Waals surface area contributed by atoms with E-state index in [0.717, 1.165) is 13.0 Å². The van der Waals surface area contributed by atoms with Gasteiger partial charge in [-0.1, -0.05) is 13.8 Å². The van der Waals surface area contributed by atoms with Crippen molar-refractivity contribution in [3.05, 3.63) is 0 Å². The molecule has 0 aromatic carbocycles. The summed E-state index contributed by atoms with van der Waals surface area (Å²) in [6.45, 7) is 5.66. The lowest BCUT2D eigenvalue weighted by Gasteiger charge is -2.09. The van der Waals surface area contributed by atoms with Gasteiger partial charge in [-0.3, -0.25) is 0 Å². The van der Waals surface area contributed by atoms with Gasteiger partial charge in [-0.05, 0) is 19.4 Å². The normalized spacial score (nSPS) is 12.4. The molecule has 0 atom stereocenters. The Morgan fingerprint density at radius 3 is 2.27 bits per heavy atom. The lowest BCUT2D eigenvalue weighted by Crippen LogP contribution is -2.24. The predicted molar refractivity (Wildman–Crippen MR) is 53.9 cm³/mol. The highest BCUT2D eigenvalue weighted by Crippen LogP contribution is 2.20. The van der Waals surface area contributed by atoms with Crippen molar-refractivity contribution in [2.24, 2.45) is 0 Å². The summed E-state index contributed by atoms with van der Waals surface area (Å²) in [5.74, 6) is 0. The predicted octanol–water partition coefficient (Wildman–Crippen LogP) is 2.73. The molecule has 0 aliphatic heterocycles. The van der Waals surface area contributed by atoms with E-state index in [1.54, 1.807) is 0 Å². The van der Waals surface area contributed by atoms with Gasteiger partial charge in [0.25, 0.3) is 0 Å². The molecule has 0 aliphatic carbocycles. The van der Waals surface area contributed by atoms with Crippen LogP contribution in [0.2, 0.25) is 0 Å². The topological polar surface area (TPSA) is 21.3 Å². The molecule has 0 bridgehead atoms. The van der Waals surface area contributed by atoms with E-state index in [1.807, 2.05) is 13.8 Å². The van der Waals surface area contributed by atoms with Crippen molar-refractivity contribution < 1.29 is 17.9 Å². The molecule has 0 saturated heterocycles. The number of ether oxygens (including phenoxy) is 1. The zero-order valence-electron chi connectivity index (χ0n) is 9.36. The Morgan fingerprint density at radius 1 is 1.13 bits per heavy atom. The molecule has 2 nitrogen and oxygen atoms in total. The van der Waals surface area contributed by atoms with Crippen LogP contribution in [-0.2, 0) is 4.74 Å². The average Bonchev–Trinajstić information content (AvgIpc) is 2.07. The molecular formula is C10H20F3NO. The van der Waals surface area contributed by atoms with Gasteiger partial charge >= 0.3 is 6.18 Å². The first-order valence-corrected chi connectivity index (χ1v) is 5.29. The fraction of sp³-hybridized carbons (Fsp3) is 1.00. The van der Waals surface area contributed by atoms with Crippen molar-refractivity contribution >= 4 is 0 Å². The molecule has 1 N–H and O–H groups in total. The van der Waals surface area contributed by atoms with E-state index in [2.05, 4.69) is 5.32 Å². The molecule has 0 radical (unpaired) electrons. The third kappa shape index (κ3) is 13.7. The summed E-state index contributed by atoms with van der Waals surface area (Å²) in [5, 5.41) is 3.20. The maximum absolute atomic E-state index is 11.7. The van der Waals surface area contributed by atoms with Crippen LogP contribution in [0.5, 0.6) is 0 Å². The van der Waals surface area contributed by atoms with Gasteiger partial charge in [-0.25, -0.2) is 0 Å². The first-order valence-electron chi connectivity index (χ1n) is 5.29. The molecule has 0 heterocycles. The van der Waals surface area contributed by atoms with Gasteiger partial charge in [0.05, 0.1) is 0 Å². The average molecular weight is 227 g/mol. The summed E-state index contributed by atoms with van der Waals surface area (Å²) in [5.41, 5.74) is 0. The van der Waals surface area contributed by atoms with Gasteiger partial charge in [0.15, 0.2) is 0 Å². The van der Waals surface area contributed by atoms with Gasteiger partial charge in [-0.2, -0.15) is 13.2 Å².